The molecule has 1 amide bonds. The number of aryl methyl sites for hydroxylation is 1. The molecule has 4 nitrogen and oxygen atoms in total. The van der Waals surface area contributed by atoms with Gasteiger partial charge in [-0.05, 0) is 31.0 Å². The molecule has 0 bridgehead atoms. The van der Waals surface area contributed by atoms with E-state index in [-0.39, 0.29) is 18.6 Å². The topological polar surface area (TPSA) is 53.3 Å². The van der Waals surface area contributed by atoms with Gasteiger partial charge in [0, 0.05) is 5.69 Å². The van der Waals surface area contributed by atoms with Gasteiger partial charge in [0.1, 0.15) is 6.61 Å². The zero-order valence-electron chi connectivity index (χ0n) is 10.6. The van der Waals surface area contributed by atoms with E-state index in [2.05, 4.69) is 6.07 Å². The van der Waals surface area contributed by atoms with Crippen molar-refractivity contribution in [1.29, 1.82) is 5.26 Å². The SMILES string of the molecule is Cc1cccc(N2CC(CC#N)OCC2=O)c1C. The number of carbonyl (C=O) groups excluding carboxylic acids is 1. The van der Waals surface area contributed by atoms with E-state index in [0.29, 0.717) is 13.0 Å². The molecule has 0 aliphatic carbocycles. The summed E-state index contributed by atoms with van der Waals surface area (Å²) < 4.78 is 5.34. The van der Waals surface area contributed by atoms with Crippen LogP contribution >= 0.6 is 0 Å². The standard InChI is InChI=1S/C14H16N2O2/c1-10-4-3-5-13(11(10)2)16-8-12(6-7-15)18-9-14(16)17/h3-5,12H,6,8-9H2,1-2H3. The van der Waals surface area contributed by atoms with Crippen molar-refractivity contribution in [2.75, 3.05) is 18.1 Å². The van der Waals surface area contributed by atoms with E-state index in [1.165, 1.54) is 0 Å². The Morgan fingerprint density at radius 3 is 3.00 bits per heavy atom. The summed E-state index contributed by atoms with van der Waals surface area (Å²) in [6.45, 7) is 4.54. The highest BCUT2D eigenvalue weighted by Crippen LogP contribution is 2.25. The predicted molar refractivity (Wildman–Crippen MR) is 68.2 cm³/mol. The summed E-state index contributed by atoms with van der Waals surface area (Å²) in [5.41, 5.74) is 3.18. The lowest BCUT2D eigenvalue weighted by atomic mass is 10.1. The first kappa shape index (κ1) is 12.6. The molecule has 2 rings (SSSR count). The summed E-state index contributed by atoms with van der Waals surface area (Å²) in [6, 6.07) is 8.00. The quantitative estimate of drug-likeness (QED) is 0.799. The maximum absolute atomic E-state index is 11.9. The normalized spacial score (nSPS) is 19.7. The first-order valence-electron chi connectivity index (χ1n) is 5.98. The molecule has 1 heterocycles. The molecule has 18 heavy (non-hydrogen) atoms. The van der Waals surface area contributed by atoms with E-state index in [0.717, 1.165) is 16.8 Å². The fourth-order valence-corrected chi connectivity index (χ4v) is 2.11. The number of anilines is 1. The molecule has 0 N–H and O–H groups in total. The Morgan fingerprint density at radius 1 is 1.50 bits per heavy atom. The van der Waals surface area contributed by atoms with Gasteiger partial charge >= 0.3 is 0 Å². The van der Waals surface area contributed by atoms with E-state index in [9.17, 15) is 4.79 Å². The smallest absolute Gasteiger partial charge is 0.253 e. The van der Waals surface area contributed by atoms with Crippen molar-refractivity contribution < 1.29 is 9.53 Å². The van der Waals surface area contributed by atoms with Crippen LogP contribution in [0.4, 0.5) is 5.69 Å². The molecule has 0 radical (unpaired) electrons. The van der Waals surface area contributed by atoms with Gasteiger partial charge in [0.15, 0.2) is 0 Å². The van der Waals surface area contributed by atoms with Crippen LogP contribution in [0.25, 0.3) is 0 Å². The van der Waals surface area contributed by atoms with Gasteiger partial charge in [-0.25, -0.2) is 0 Å². The fourth-order valence-electron chi connectivity index (χ4n) is 2.11. The summed E-state index contributed by atoms with van der Waals surface area (Å²) in [5.74, 6) is -0.0436. The van der Waals surface area contributed by atoms with Gasteiger partial charge in [-0.2, -0.15) is 5.26 Å². The summed E-state index contributed by atoms with van der Waals surface area (Å²) >= 11 is 0. The lowest BCUT2D eigenvalue weighted by Crippen LogP contribution is -2.47. The molecule has 1 aromatic rings. The van der Waals surface area contributed by atoms with E-state index < -0.39 is 0 Å². The molecule has 1 saturated heterocycles. The fraction of sp³-hybridized carbons (Fsp3) is 0.429. The average Bonchev–Trinajstić information content (AvgIpc) is 2.36. The van der Waals surface area contributed by atoms with Gasteiger partial charge in [-0.3, -0.25) is 4.79 Å². The highest BCUT2D eigenvalue weighted by molar-refractivity contribution is 5.95. The molecule has 1 atom stereocenters. The second kappa shape index (κ2) is 5.19. The first-order chi connectivity index (χ1) is 8.63. The van der Waals surface area contributed by atoms with Gasteiger partial charge < -0.3 is 9.64 Å². The molecule has 1 fully saturated rings. The molecule has 1 aliphatic rings. The van der Waals surface area contributed by atoms with Crippen LogP contribution in [0.2, 0.25) is 0 Å². The molecular weight excluding hydrogens is 228 g/mol. The number of benzene rings is 1. The minimum absolute atomic E-state index is 0.0436. The molecular formula is C14H16N2O2. The molecule has 4 heteroatoms. The van der Waals surface area contributed by atoms with Gasteiger partial charge in [0.05, 0.1) is 25.1 Å². The van der Waals surface area contributed by atoms with Crippen LogP contribution in [-0.2, 0) is 9.53 Å². The lowest BCUT2D eigenvalue weighted by molar-refractivity contribution is -0.129. The minimum Gasteiger partial charge on any atom is -0.365 e. The number of carbonyl (C=O) groups is 1. The Balaban J connectivity index is 2.27. The zero-order chi connectivity index (χ0) is 13.1. The molecule has 1 aliphatic heterocycles. The summed E-state index contributed by atoms with van der Waals surface area (Å²) in [4.78, 5) is 13.7. The van der Waals surface area contributed by atoms with Gasteiger partial charge in [-0.1, -0.05) is 12.1 Å². The Labute approximate surface area is 107 Å². The van der Waals surface area contributed by atoms with E-state index in [4.69, 9.17) is 10.00 Å². The monoisotopic (exact) mass is 244 g/mol. The Morgan fingerprint density at radius 2 is 2.28 bits per heavy atom. The van der Waals surface area contributed by atoms with Crippen LogP contribution in [0.5, 0.6) is 0 Å². The Bertz CT molecular complexity index is 505. The zero-order valence-corrected chi connectivity index (χ0v) is 10.6. The third-order valence-electron chi connectivity index (χ3n) is 3.32. The molecule has 0 aromatic heterocycles. The summed E-state index contributed by atoms with van der Waals surface area (Å²) in [5, 5.41) is 8.71. The summed E-state index contributed by atoms with van der Waals surface area (Å²) in [7, 11) is 0. The lowest BCUT2D eigenvalue weighted by Gasteiger charge is -2.33. The van der Waals surface area contributed by atoms with E-state index in [1.54, 1.807) is 4.90 Å². The van der Waals surface area contributed by atoms with Crippen molar-refractivity contribution in [3.8, 4) is 6.07 Å². The molecule has 0 saturated carbocycles. The third kappa shape index (κ3) is 2.36. The van der Waals surface area contributed by atoms with Crippen LogP contribution in [0.3, 0.4) is 0 Å². The number of ether oxygens (including phenoxy) is 1. The first-order valence-corrected chi connectivity index (χ1v) is 5.98. The van der Waals surface area contributed by atoms with Crippen molar-refractivity contribution in [3.63, 3.8) is 0 Å². The van der Waals surface area contributed by atoms with Crippen molar-refractivity contribution in [2.45, 2.75) is 26.4 Å². The molecule has 94 valence electrons. The largest absolute Gasteiger partial charge is 0.365 e. The Kier molecular flexibility index (Phi) is 3.63. The molecule has 1 unspecified atom stereocenters. The number of hydrogen-bond acceptors (Lipinski definition) is 3. The van der Waals surface area contributed by atoms with Gasteiger partial charge in [-0.15, -0.1) is 0 Å². The number of amides is 1. The van der Waals surface area contributed by atoms with Crippen LogP contribution < -0.4 is 4.90 Å². The maximum atomic E-state index is 11.9. The van der Waals surface area contributed by atoms with Crippen molar-refractivity contribution >= 4 is 11.6 Å². The van der Waals surface area contributed by atoms with Crippen molar-refractivity contribution in [3.05, 3.63) is 29.3 Å². The predicted octanol–water partition coefficient (Wildman–Crippen LogP) is 1.95. The Hall–Kier alpha value is -1.86. The number of rotatable bonds is 2. The number of hydrogen-bond donors (Lipinski definition) is 0. The average molecular weight is 244 g/mol. The minimum atomic E-state index is -0.187. The van der Waals surface area contributed by atoms with Crippen LogP contribution in [0.15, 0.2) is 18.2 Å². The van der Waals surface area contributed by atoms with E-state index in [1.807, 2.05) is 32.0 Å². The van der Waals surface area contributed by atoms with E-state index >= 15 is 0 Å². The van der Waals surface area contributed by atoms with Crippen LogP contribution in [0.1, 0.15) is 17.5 Å². The highest BCUT2D eigenvalue weighted by atomic mass is 16.5. The van der Waals surface area contributed by atoms with Gasteiger partial charge in [0.2, 0.25) is 0 Å². The number of nitrogens with zero attached hydrogens (tertiary/aromatic N) is 2. The van der Waals surface area contributed by atoms with Crippen molar-refractivity contribution in [2.24, 2.45) is 0 Å². The summed E-state index contributed by atoms with van der Waals surface area (Å²) in [6.07, 6.45) is 0.127. The second-order valence-corrected chi connectivity index (χ2v) is 4.52. The number of nitriles is 1. The highest BCUT2D eigenvalue weighted by Gasteiger charge is 2.28. The number of morpholine rings is 1. The molecule has 0 spiro atoms. The van der Waals surface area contributed by atoms with Crippen LogP contribution in [-0.4, -0.2) is 25.2 Å². The molecule has 1 aromatic carbocycles. The van der Waals surface area contributed by atoms with Gasteiger partial charge in [0.25, 0.3) is 5.91 Å². The maximum Gasteiger partial charge on any atom is 0.253 e. The van der Waals surface area contributed by atoms with Crippen LogP contribution in [0, 0.1) is 25.2 Å². The third-order valence-corrected chi connectivity index (χ3v) is 3.32. The van der Waals surface area contributed by atoms with Crippen molar-refractivity contribution in [1.82, 2.24) is 0 Å². The second-order valence-electron chi connectivity index (χ2n) is 4.52.